The molecule has 1 heterocycles. The Morgan fingerprint density at radius 3 is 2.38 bits per heavy atom. The predicted molar refractivity (Wildman–Crippen MR) is 120 cm³/mol. The molecule has 18 heteroatoms. The lowest BCUT2D eigenvalue weighted by Crippen LogP contribution is -2.37. The van der Waals surface area contributed by atoms with Crippen LogP contribution in [0.25, 0.3) is 0 Å². The summed E-state index contributed by atoms with van der Waals surface area (Å²) in [6, 6.07) is 7.08. The number of nitrogens with zero attached hydrogens (tertiary/aromatic N) is 1. The highest BCUT2D eigenvalue weighted by Crippen LogP contribution is 2.15. The zero-order chi connectivity index (χ0) is 28.4. The number of aliphatic carboxylic acids is 1. The Morgan fingerprint density at radius 1 is 1.22 bits per heavy atom. The first-order valence-electron chi connectivity index (χ1n) is 9.82. The number of nitrogens with one attached hydrogen (secondary N) is 4. The highest BCUT2D eigenvalue weighted by molar-refractivity contribution is 7.92. The van der Waals surface area contributed by atoms with Gasteiger partial charge < -0.3 is 20.7 Å². The van der Waals surface area contributed by atoms with Crippen LogP contribution in [0, 0.1) is 18.2 Å². The molecule has 0 aliphatic rings. The second kappa shape index (κ2) is 13.2. The minimum Gasteiger partial charge on any atom is -0.475 e. The third-order valence-electron chi connectivity index (χ3n) is 4.00. The zero-order valence-corrected chi connectivity index (χ0v) is 19.7. The first kappa shape index (κ1) is 30.8. The monoisotopic (exact) mass is 554 g/mol. The lowest BCUT2D eigenvalue weighted by molar-refractivity contribution is -0.192. The summed E-state index contributed by atoms with van der Waals surface area (Å²) in [5.74, 6) is -4.40. The summed E-state index contributed by atoms with van der Waals surface area (Å²) in [6.45, 7) is 1.32. The largest absolute Gasteiger partial charge is 0.490 e. The summed E-state index contributed by atoms with van der Waals surface area (Å²) < 4.78 is 73.1. The van der Waals surface area contributed by atoms with E-state index in [1.165, 1.54) is 24.3 Å². The normalized spacial score (nSPS) is 11.1. The highest BCUT2D eigenvalue weighted by Gasteiger charge is 2.38. The molecule has 0 spiro atoms. The number of guanidine groups is 1. The number of benzene rings is 1. The number of carbonyl (C=O) groups is 2. The van der Waals surface area contributed by atoms with Gasteiger partial charge in [0, 0.05) is 12.2 Å². The third-order valence-corrected chi connectivity index (χ3v) is 5.36. The number of amides is 1. The number of halogens is 4. The van der Waals surface area contributed by atoms with Crippen LogP contribution < -0.4 is 26.8 Å². The van der Waals surface area contributed by atoms with Crippen LogP contribution in [-0.2, 0) is 31.0 Å². The van der Waals surface area contributed by atoms with Crippen LogP contribution in [0.4, 0.5) is 23.2 Å². The number of carboxylic acids is 1. The van der Waals surface area contributed by atoms with E-state index in [-0.39, 0.29) is 36.2 Å². The SMILES string of the molecule is Cc1ccc(NS(=O)(=O)c2cccc(F)c2)c(=O)n1CC(=O)NCCONC(=N)N.O=C(O)C(F)(F)F. The van der Waals surface area contributed by atoms with E-state index in [2.05, 4.69) is 15.5 Å². The number of rotatable bonds is 9. The van der Waals surface area contributed by atoms with Gasteiger partial charge in [0.2, 0.25) is 11.9 Å². The summed E-state index contributed by atoms with van der Waals surface area (Å²) in [4.78, 5) is 38.1. The zero-order valence-electron chi connectivity index (χ0n) is 18.9. The number of hydrogen-bond acceptors (Lipinski definition) is 7. The fourth-order valence-corrected chi connectivity index (χ4v) is 3.44. The molecule has 1 amide bonds. The van der Waals surface area contributed by atoms with Gasteiger partial charge in [0.15, 0.2) is 0 Å². The molecule has 1 aromatic heterocycles. The number of carbonyl (C=O) groups excluding carboxylic acids is 1. The van der Waals surface area contributed by atoms with Crippen molar-refractivity contribution in [2.75, 3.05) is 17.9 Å². The molecular weight excluding hydrogens is 532 g/mol. The molecule has 0 saturated heterocycles. The van der Waals surface area contributed by atoms with Crippen LogP contribution in [0.5, 0.6) is 0 Å². The van der Waals surface area contributed by atoms with E-state index >= 15 is 0 Å². The lowest BCUT2D eigenvalue weighted by atomic mass is 10.3. The molecule has 13 nitrogen and oxygen atoms in total. The average molecular weight is 554 g/mol. The number of sulfonamides is 1. The number of carboxylic acid groups (broad SMARTS) is 1. The van der Waals surface area contributed by atoms with Crippen LogP contribution in [0.1, 0.15) is 5.69 Å². The third kappa shape index (κ3) is 10.5. The summed E-state index contributed by atoms with van der Waals surface area (Å²) in [5, 5.41) is 16.5. The Morgan fingerprint density at radius 2 is 1.84 bits per heavy atom. The number of anilines is 1. The van der Waals surface area contributed by atoms with Gasteiger partial charge in [0.25, 0.3) is 15.6 Å². The maximum atomic E-state index is 13.3. The fourth-order valence-electron chi connectivity index (χ4n) is 2.35. The average Bonchev–Trinajstić information content (AvgIpc) is 2.78. The molecule has 0 unspecified atom stereocenters. The van der Waals surface area contributed by atoms with Gasteiger partial charge in [-0.25, -0.2) is 23.1 Å². The Labute approximate surface area is 206 Å². The van der Waals surface area contributed by atoms with Gasteiger partial charge in [-0.05, 0) is 37.3 Å². The topological polar surface area (TPSA) is 206 Å². The van der Waals surface area contributed by atoms with E-state index in [4.69, 9.17) is 25.9 Å². The number of pyridine rings is 1. The molecule has 0 aliphatic carbocycles. The number of nitrogens with two attached hydrogens (primary N) is 1. The van der Waals surface area contributed by atoms with Gasteiger partial charge >= 0.3 is 12.1 Å². The molecule has 0 bridgehead atoms. The highest BCUT2D eigenvalue weighted by atomic mass is 32.2. The molecule has 2 aromatic rings. The summed E-state index contributed by atoms with van der Waals surface area (Å²) in [7, 11) is -4.20. The van der Waals surface area contributed by atoms with E-state index < -0.39 is 39.5 Å². The van der Waals surface area contributed by atoms with Crippen LogP contribution in [0.2, 0.25) is 0 Å². The Kier molecular flexibility index (Phi) is 11.0. The molecular formula is C19H22F4N6O7S. The van der Waals surface area contributed by atoms with Crippen molar-refractivity contribution >= 4 is 33.5 Å². The van der Waals surface area contributed by atoms with Crippen LogP contribution in [0.3, 0.4) is 0 Å². The molecule has 0 fully saturated rings. The Hall–Kier alpha value is -4.19. The van der Waals surface area contributed by atoms with E-state index in [0.29, 0.717) is 5.69 Å². The predicted octanol–water partition coefficient (Wildman–Crippen LogP) is 0.261. The van der Waals surface area contributed by atoms with Crippen molar-refractivity contribution in [2.24, 2.45) is 5.73 Å². The van der Waals surface area contributed by atoms with Crippen molar-refractivity contribution < 1.29 is 45.5 Å². The Bertz CT molecular complexity index is 1300. The van der Waals surface area contributed by atoms with Crippen molar-refractivity contribution in [1.29, 1.82) is 5.41 Å². The number of hydroxylamine groups is 1. The molecule has 37 heavy (non-hydrogen) atoms. The van der Waals surface area contributed by atoms with Gasteiger partial charge in [-0.15, -0.1) is 0 Å². The maximum Gasteiger partial charge on any atom is 0.490 e. The molecule has 7 N–H and O–H groups in total. The number of alkyl halides is 3. The first-order valence-corrected chi connectivity index (χ1v) is 11.3. The minimum atomic E-state index is -5.08. The lowest BCUT2D eigenvalue weighted by Gasteiger charge is -2.13. The molecule has 1 aromatic carbocycles. The van der Waals surface area contributed by atoms with Gasteiger partial charge in [-0.2, -0.15) is 13.2 Å². The Balaban J connectivity index is 0.000000856. The molecule has 0 saturated carbocycles. The van der Waals surface area contributed by atoms with Crippen LogP contribution >= 0.6 is 0 Å². The minimum absolute atomic E-state index is 0.0205. The van der Waals surface area contributed by atoms with E-state index in [1.807, 2.05) is 0 Å². The molecule has 204 valence electrons. The van der Waals surface area contributed by atoms with E-state index in [1.54, 1.807) is 6.92 Å². The molecule has 2 rings (SSSR count). The standard InChI is InChI=1S/C17H21FN6O5S.C2HF3O2/c1-11-5-6-14(23-30(27,28)13-4-2-3-12(18)9-13)16(26)24(11)10-15(25)21-7-8-29-22-17(19)20;3-2(4,5)1(6)7/h2-6,9,23H,7-8,10H2,1H3,(H,21,25)(H4,19,20,22);(H,6,7). The molecule has 0 aliphatic heterocycles. The van der Waals surface area contributed by atoms with Gasteiger partial charge in [-0.1, -0.05) is 6.07 Å². The van der Waals surface area contributed by atoms with Crippen LogP contribution in [-0.4, -0.2) is 55.3 Å². The van der Waals surface area contributed by atoms with Crippen molar-refractivity contribution in [3.63, 3.8) is 0 Å². The summed E-state index contributed by atoms with van der Waals surface area (Å²) >= 11 is 0. The number of aryl methyl sites for hydroxylation is 1. The van der Waals surface area contributed by atoms with Gasteiger partial charge in [0.05, 0.1) is 11.5 Å². The second-order valence-corrected chi connectivity index (χ2v) is 8.54. The summed E-state index contributed by atoms with van der Waals surface area (Å²) in [6.07, 6.45) is -5.08. The fraction of sp³-hybridized carbons (Fsp3) is 0.263. The summed E-state index contributed by atoms with van der Waals surface area (Å²) in [5.41, 5.74) is 6.53. The van der Waals surface area contributed by atoms with E-state index in [9.17, 15) is 35.6 Å². The first-order chi connectivity index (χ1) is 17.0. The van der Waals surface area contributed by atoms with Crippen LogP contribution in [0.15, 0.2) is 46.1 Å². The van der Waals surface area contributed by atoms with Gasteiger partial charge in [0.1, 0.15) is 18.0 Å². The van der Waals surface area contributed by atoms with Gasteiger partial charge in [-0.3, -0.25) is 24.6 Å². The quantitative estimate of drug-likeness (QED) is 0.0825. The van der Waals surface area contributed by atoms with E-state index in [0.717, 1.165) is 16.7 Å². The smallest absolute Gasteiger partial charge is 0.475 e. The van der Waals surface area contributed by atoms with Crippen molar-refractivity contribution in [3.05, 3.63) is 58.3 Å². The second-order valence-electron chi connectivity index (χ2n) is 6.86. The van der Waals surface area contributed by atoms with Crippen molar-refractivity contribution in [3.8, 4) is 0 Å². The maximum absolute atomic E-state index is 13.3. The van der Waals surface area contributed by atoms with Crippen molar-refractivity contribution in [2.45, 2.75) is 24.5 Å². The molecule has 0 radical (unpaired) electrons. The number of hydrogen-bond donors (Lipinski definition) is 6. The molecule has 0 atom stereocenters. The number of aromatic nitrogens is 1. The van der Waals surface area contributed by atoms with Crippen molar-refractivity contribution in [1.82, 2.24) is 15.4 Å².